The third kappa shape index (κ3) is 9.13. The number of ketones is 2. The number of Topliss-reactive ketones (excluding diaryl/α,β-unsaturated/α-hetero) is 2. The first-order chi connectivity index (χ1) is 10.5. The van der Waals surface area contributed by atoms with E-state index in [0.29, 0.717) is 0 Å². The monoisotopic (exact) mass is 348 g/mol. The predicted molar refractivity (Wildman–Crippen MR) is 72.1 cm³/mol. The maximum absolute atomic E-state index is 11.6. The van der Waals surface area contributed by atoms with Crippen LogP contribution in [0.15, 0.2) is 0 Å². The van der Waals surface area contributed by atoms with Crippen molar-refractivity contribution in [3.8, 4) is 0 Å². The highest BCUT2D eigenvalue weighted by molar-refractivity contribution is 6.61. The summed E-state index contributed by atoms with van der Waals surface area (Å²) in [5.74, 6) is -5.74. The highest BCUT2D eigenvalue weighted by Crippen LogP contribution is 2.16. The van der Waals surface area contributed by atoms with Crippen LogP contribution in [0.1, 0.15) is 40.5 Å². The Morgan fingerprint density at radius 3 is 1.13 bits per heavy atom. The zero-order valence-corrected chi connectivity index (χ0v) is 14.0. The molecule has 0 atom stereocenters. The van der Waals surface area contributed by atoms with Gasteiger partial charge in [-0.05, 0) is 13.8 Å². The number of hydrogen-bond acceptors (Lipinski definition) is 10. The molecule has 0 fully saturated rings. The molecule has 0 radical (unpaired) electrons. The first-order valence-corrected chi connectivity index (χ1v) is 7.90. The van der Waals surface area contributed by atoms with Crippen LogP contribution in [0.3, 0.4) is 0 Å². The van der Waals surface area contributed by atoms with Gasteiger partial charge in [-0.15, -0.1) is 0 Å². The Morgan fingerprint density at radius 1 is 0.609 bits per heavy atom. The maximum atomic E-state index is 11.6. The highest BCUT2D eigenvalue weighted by Gasteiger charge is 2.62. The van der Waals surface area contributed by atoms with E-state index in [1.54, 1.807) is 0 Å². The van der Waals surface area contributed by atoms with E-state index < -0.39 is 57.3 Å². The van der Waals surface area contributed by atoms with Crippen LogP contribution in [0.25, 0.3) is 0 Å². The van der Waals surface area contributed by atoms with Gasteiger partial charge in [0, 0.05) is 13.8 Å². The van der Waals surface area contributed by atoms with Crippen LogP contribution in [0.2, 0.25) is 0 Å². The normalized spacial score (nSPS) is 10.3. The molecule has 0 rings (SSSR count). The van der Waals surface area contributed by atoms with E-state index in [9.17, 15) is 28.8 Å². The van der Waals surface area contributed by atoms with Crippen molar-refractivity contribution in [1.29, 1.82) is 0 Å². The van der Waals surface area contributed by atoms with Gasteiger partial charge in [-0.2, -0.15) is 0 Å². The van der Waals surface area contributed by atoms with Crippen molar-refractivity contribution in [1.82, 2.24) is 0 Å². The average molecular weight is 348 g/mol. The quantitative estimate of drug-likeness (QED) is 0.420. The van der Waals surface area contributed by atoms with E-state index in [1.165, 1.54) is 0 Å². The molecule has 11 heteroatoms. The molecule has 0 saturated carbocycles. The summed E-state index contributed by atoms with van der Waals surface area (Å²) in [5.41, 5.74) is 0. The Kier molecular flexibility index (Phi) is 7.80. The summed E-state index contributed by atoms with van der Waals surface area (Å²) in [6.45, 7) is 3.96. The summed E-state index contributed by atoms with van der Waals surface area (Å²) in [5, 5.41) is 0. The Hall–Kier alpha value is -2.56. The first-order valence-electron chi connectivity index (χ1n) is 6.27. The summed E-state index contributed by atoms with van der Waals surface area (Å²) in [7, 11) is -4.88. The number of rotatable bonds is 8. The first kappa shape index (κ1) is 20.4. The largest absolute Gasteiger partial charge is 0.974 e. The van der Waals surface area contributed by atoms with Crippen LogP contribution in [-0.2, 0) is 46.5 Å². The van der Waals surface area contributed by atoms with Gasteiger partial charge in [0.15, 0.2) is 0 Å². The van der Waals surface area contributed by atoms with Gasteiger partial charge >= 0.3 is 21.0 Å². The zero-order chi connectivity index (χ0) is 18.2. The third-order valence-electron chi connectivity index (χ3n) is 1.80. The lowest BCUT2D eigenvalue weighted by Gasteiger charge is -2.23. The topological polar surface area (TPSA) is 139 Å². The van der Waals surface area contributed by atoms with E-state index in [0.717, 1.165) is 27.7 Å². The van der Waals surface area contributed by atoms with E-state index in [1.807, 2.05) is 0 Å². The Balaban J connectivity index is 5.47. The number of carbonyl (C=O) groups is 6. The molecule has 128 valence electrons. The smallest absolute Gasteiger partial charge is 0.423 e. The van der Waals surface area contributed by atoms with Gasteiger partial charge in [0.25, 0.3) is 11.9 Å². The van der Waals surface area contributed by atoms with Gasteiger partial charge in [-0.1, -0.05) is 0 Å². The molecule has 23 heavy (non-hydrogen) atoms. The fourth-order valence-corrected chi connectivity index (χ4v) is 2.89. The standard InChI is InChI=1S/C12H16O10Si/c1-7(13)5-11(17)21-23(19-9(3)15,20-10(4)16)22-12(18)6-8(2)14/h5-6H2,1-4H3. The predicted octanol–water partition coefficient (Wildman–Crippen LogP) is -0.407. The van der Waals surface area contributed by atoms with Crippen molar-refractivity contribution in [2.75, 3.05) is 0 Å². The van der Waals surface area contributed by atoms with E-state index in [2.05, 4.69) is 17.7 Å². The lowest BCUT2D eigenvalue weighted by atomic mass is 10.3. The fourth-order valence-electron chi connectivity index (χ4n) is 1.23. The highest BCUT2D eigenvalue weighted by atomic mass is 28.4. The van der Waals surface area contributed by atoms with Crippen molar-refractivity contribution >= 4 is 44.5 Å². The second-order valence-electron chi connectivity index (χ2n) is 4.39. The van der Waals surface area contributed by atoms with Crippen LogP contribution < -0.4 is 0 Å². The van der Waals surface area contributed by atoms with Crippen molar-refractivity contribution in [3.05, 3.63) is 0 Å². The van der Waals surface area contributed by atoms with Gasteiger partial charge in [-0.3, -0.25) is 28.8 Å². The van der Waals surface area contributed by atoms with Crippen LogP contribution in [0, 0.1) is 0 Å². The lowest BCUT2D eigenvalue weighted by molar-refractivity contribution is -0.161. The summed E-state index contributed by atoms with van der Waals surface area (Å²) >= 11 is 0. The minimum Gasteiger partial charge on any atom is -0.423 e. The molecule has 0 aromatic rings. The van der Waals surface area contributed by atoms with Gasteiger partial charge in [0.05, 0.1) is 0 Å². The van der Waals surface area contributed by atoms with Crippen molar-refractivity contribution in [3.63, 3.8) is 0 Å². The van der Waals surface area contributed by atoms with Crippen LogP contribution >= 0.6 is 0 Å². The van der Waals surface area contributed by atoms with Gasteiger partial charge in [-0.25, -0.2) is 0 Å². The molecule has 0 aliphatic carbocycles. The minimum atomic E-state index is -4.88. The molecule has 0 aromatic heterocycles. The molecule has 10 nitrogen and oxygen atoms in total. The molecular weight excluding hydrogens is 332 g/mol. The number of carbonyl (C=O) groups excluding carboxylic acids is 6. The Bertz CT molecular complexity index is 490. The third-order valence-corrected chi connectivity index (χ3v) is 3.83. The van der Waals surface area contributed by atoms with Crippen molar-refractivity contribution < 1.29 is 46.5 Å². The minimum absolute atomic E-state index is 0.585. The van der Waals surface area contributed by atoms with Crippen LogP contribution in [0.4, 0.5) is 0 Å². The van der Waals surface area contributed by atoms with Crippen LogP contribution in [-0.4, -0.2) is 44.5 Å². The molecule has 0 saturated heterocycles. The molecule has 0 N–H and O–H groups in total. The lowest BCUT2D eigenvalue weighted by Crippen LogP contribution is -2.54. The van der Waals surface area contributed by atoms with Gasteiger partial charge in [0.2, 0.25) is 0 Å². The fraction of sp³-hybridized carbons (Fsp3) is 0.500. The Labute approximate surface area is 132 Å². The molecule has 0 amide bonds. The molecule has 0 spiro atoms. The summed E-state index contributed by atoms with van der Waals surface area (Å²) in [6, 6.07) is 0. The second-order valence-corrected chi connectivity index (χ2v) is 6.21. The molecule has 0 heterocycles. The summed E-state index contributed by atoms with van der Waals surface area (Å²) in [6.07, 6.45) is -1.44. The number of hydrogen-bond donors (Lipinski definition) is 0. The van der Waals surface area contributed by atoms with E-state index >= 15 is 0 Å². The van der Waals surface area contributed by atoms with Crippen molar-refractivity contribution in [2.24, 2.45) is 0 Å². The van der Waals surface area contributed by atoms with Gasteiger partial charge < -0.3 is 17.7 Å². The molecule has 0 bridgehead atoms. The van der Waals surface area contributed by atoms with Crippen LogP contribution in [0.5, 0.6) is 0 Å². The van der Waals surface area contributed by atoms with E-state index in [4.69, 9.17) is 0 Å². The zero-order valence-electron chi connectivity index (χ0n) is 13.0. The summed E-state index contributed by atoms with van der Waals surface area (Å²) < 4.78 is 18.5. The van der Waals surface area contributed by atoms with E-state index in [-0.39, 0.29) is 0 Å². The SMILES string of the molecule is CC(=O)CC(=O)O[Si](OC(C)=O)(OC(C)=O)OC(=O)CC(C)=O. The molecule has 0 unspecified atom stereocenters. The van der Waals surface area contributed by atoms with Gasteiger partial charge in [0.1, 0.15) is 24.4 Å². The Morgan fingerprint density at radius 2 is 0.913 bits per heavy atom. The molecular formula is C12H16O10Si. The summed E-state index contributed by atoms with van der Waals surface area (Å²) in [4.78, 5) is 67.3. The van der Waals surface area contributed by atoms with Crippen molar-refractivity contribution in [2.45, 2.75) is 40.5 Å². The average Bonchev–Trinajstić information content (AvgIpc) is 2.21. The molecule has 0 aromatic carbocycles. The maximum Gasteiger partial charge on any atom is 0.974 e. The second kappa shape index (κ2) is 8.78. The molecule has 0 aliphatic rings. The molecule has 0 aliphatic heterocycles.